The van der Waals surface area contributed by atoms with Crippen molar-refractivity contribution in [3.05, 3.63) is 188 Å². The van der Waals surface area contributed by atoms with Crippen LogP contribution < -0.4 is 4.90 Å². The van der Waals surface area contributed by atoms with E-state index < -0.39 is 0 Å². The highest BCUT2D eigenvalue weighted by atomic mass is 16.3. The lowest BCUT2D eigenvalue weighted by Gasteiger charge is -2.24. The number of nitrogens with zero attached hydrogens (tertiary/aromatic N) is 3. The van der Waals surface area contributed by atoms with Gasteiger partial charge in [0.25, 0.3) is 0 Å². The van der Waals surface area contributed by atoms with Gasteiger partial charge in [-0.3, -0.25) is 9.97 Å². The number of aromatic nitrogens is 2. The predicted molar refractivity (Wildman–Crippen MR) is 213 cm³/mol. The van der Waals surface area contributed by atoms with Gasteiger partial charge in [-0.25, -0.2) is 0 Å². The van der Waals surface area contributed by atoms with Gasteiger partial charge < -0.3 is 9.32 Å². The van der Waals surface area contributed by atoms with Crippen LogP contribution in [0.1, 0.15) is 11.1 Å². The second-order valence-electron chi connectivity index (χ2n) is 13.5. The number of pyridine rings is 2. The van der Waals surface area contributed by atoms with Crippen molar-refractivity contribution in [2.24, 2.45) is 0 Å². The normalized spacial score (nSPS) is 12.4. The van der Waals surface area contributed by atoms with E-state index in [1.165, 1.54) is 44.6 Å². The zero-order valence-corrected chi connectivity index (χ0v) is 28.4. The Morgan fingerprint density at radius 3 is 1.58 bits per heavy atom. The minimum atomic E-state index is 0.813. The molecule has 4 heteroatoms. The monoisotopic (exact) mass is 667 g/mol. The van der Waals surface area contributed by atoms with E-state index in [9.17, 15) is 0 Å². The summed E-state index contributed by atoms with van der Waals surface area (Å²) in [5, 5.41) is 2.28. The summed E-state index contributed by atoms with van der Waals surface area (Å²) >= 11 is 0. The minimum absolute atomic E-state index is 0.813. The second-order valence-corrected chi connectivity index (χ2v) is 13.5. The van der Waals surface area contributed by atoms with Crippen LogP contribution in [0.3, 0.4) is 0 Å². The molecule has 0 aliphatic carbocycles. The molecule has 10 rings (SSSR count). The number of hydrogen-bond acceptors (Lipinski definition) is 4. The Balaban J connectivity index is 1.14. The van der Waals surface area contributed by atoms with Crippen LogP contribution in [0.5, 0.6) is 0 Å². The fourth-order valence-corrected chi connectivity index (χ4v) is 7.68. The van der Waals surface area contributed by atoms with Crippen molar-refractivity contribution in [1.82, 2.24) is 9.97 Å². The van der Waals surface area contributed by atoms with Gasteiger partial charge in [-0.1, -0.05) is 78.9 Å². The molecule has 0 saturated carbocycles. The molecule has 1 aliphatic rings. The first-order valence-corrected chi connectivity index (χ1v) is 17.7. The molecular formula is C48H33N3O. The molecule has 52 heavy (non-hydrogen) atoms. The molecule has 1 aliphatic heterocycles. The molecule has 0 N–H and O–H groups in total. The van der Waals surface area contributed by atoms with Crippen molar-refractivity contribution in [1.29, 1.82) is 0 Å². The zero-order valence-electron chi connectivity index (χ0n) is 28.4. The van der Waals surface area contributed by atoms with Crippen LogP contribution in [-0.4, -0.2) is 9.97 Å². The number of hydrogen-bond donors (Lipinski definition) is 0. The van der Waals surface area contributed by atoms with E-state index in [0.29, 0.717) is 0 Å². The summed E-state index contributed by atoms with van der Waals surface area (Å²) in [5.41, 5.74) is 17.3. The molecule has 0 radical (unpaired) electrons. The maximum atomic E-state index is 6.17. The Kier molecular flexibility index (Phi) is 7.24. The Morgan fingerprint density at radius 1 is 0.404 bits per heavy atom. The standard InChI is InChI=1S/C48H33N3O/c1-2-10-42(11-3-1)51-30-37-16-14-32(33-18-19-48-46(27-33)43-12-4-5-13-47(43)52-48)25-44(37)45-26-34(15-17-38(45)31-51)39-22-40(35-8-6-20-49-28-35)24-41(23-39)36-9-7-21-50-29-36/h1-29H,30-31H2. The van der Waals surface area contributed by atoms with Crippen molar-refractivity contribution in [3.8, 4) is 55.6 Å². The molecule has 0 saturated heterocycles. The molecule has 4 nitrogen and oxygen atoms in total. The van der Waals surface area contributed by atoms with Gasteiger partial charge in [0.05, 0.1) is 0 Å². The van der Waals surface area contributed by atoms with E-state index >= 15 is 0 Å². The van der Waals surface area contributed by atoms with E-state index in [1.54, 1.807) is 0 Å². The van der Waals surface area contributed by atoms with E-state index in [-0.39, 0.29) is 0 Å². The average molecular weight is 668 g/mol. The summed E-state index contributed by atoms with van der Waals surface area (Å²) in [4.78, 5) is 11.3. The third-order valence-electron chi connectivity index (χ3n) is 10.3. The summed E-state index contributed by atoms with van der Waals surface area (Å²) in [6.07, 6.45) is 7.51. The number of anilines is 1. The van der Waals surface area contributed by atoms with E-state index in [2.05, 4.69) is 142 Å². The first-order valence-electron chi connectivity index (χ1n) is 17.7. The van der Waals surface area contributed by atoms with Crippen LogP contribution in [-0.2, 0) is 13.1 Å². The molecule has 0 spiro atoms. The molecular weight excluding hydrogens is 635 g/mol. The molecule has 246 valence electrons. The van der Waals surface area contributed by atoms with Gasteiger partial charge in [-0.2, -0.15) is 0 Å². The molecule has 3 aromatic heterocycles. The van der Waals surface area contributed by atoms with Crippen LogP contribution >= 0.6 is 0 Å². The quantitative estimate of drug-likeness (QED) is 0.183. The van der Waals surface area contributed by atoms with Crippen LogP contribution in [0, 0.1) is 0 Å². The molecule has 0 amide bonds. The summed E-state index contributed by atoms with van der Waals surface area (Å²) < 4.78 is 6.17. The van der Waals surface area contributed by atoms with Gasteiger partial charge in [0, 0.05) is 65.5 Å². The molecule has 6 aromatic carbocycles. The number of furan rings is 1. The highest BCUT2D eigenvalue weighted by molar-refractivity contribution is 6.06. The van der Waals surface area contributed by atoms with E-state index in [1.807, 2.05) is 49.1 Å². The zero-order chi connectivity index (χ0) is 34.4. The first kappa shape index (κ1) is 30.1. The Morgan fingerprint density at radius 2 is 0.942 bits per heavy atom. The maximum absolute atomic E-state index is 6.17. The van der Waals surface area contributed by atoms with Gasteiger partial charge in [0.1, 0.15) is 11.2 Å². The van der Waals surface area contributed by atoms with Gasteiger partial charge in [0.15, 0.2) is 0 Å². The smallest absolute Gasteiger partial charge is 0.135 e. The third kappa shape index (κ3) is 5.42. The summed E-state index contributed by atoms with van der Waals surface area (Å²) in [6.45, 7) is 1.63. The molecule has 0 atom stereocenters. The number of benzene rings is 6. The van der Waals surface area contributed by atoms with Crippen LogP contribution in [0.2, 0.25) is 0 Å². The summed E-state index contributed by atoms with van der Waals surface area (Å²) in [5.74, 6) is 0. The highest BCUT2D eigenvalue weighted by Crippen LogP contribution is 2.41. The Hall–Kier alpha value is -6.78. The number of para-hydroxylation sites is 2. The first-order chi connectivity index (χ1) is 25.7. The van der Waals surface area contributed by atoms with Crippen molar-refractivity contribution in [2.45, 2.75) is 13.1 Å². The molecule has 0 bridgehead atoms. The molecule has 9 aromatic rings. The largest absolute Gasteiger partial charge is 0.456 e. The summed E-state index contributed by atoms with van der Waals surface area (Å²) in [6, 6.07) is 54.6. The Bertz CT molecular complexity index is 2680. The molecule has 0 unspecified atom stereocenters. The third-order valence-corrected chi connectivity index (χ3v) is 10.3. The maximum Gasteiger partial charge on any atom is 0.135 e. The van der Waals surface area contributed by atoms with Gasteiger partial charge in [0.2, 0.25) is 0 Å². The van der Waals surface area contributed by atoms with Gasteiger partial charge in [-0.05, 0) is 128 Å². The molecule has 4 heterocycles. The lowest BCUT2D eigenvalue weighted by atomic mass is 9.89. The van der Waals surface area contributed by atoms with Gasteiger partial charge in [-0.15, -0.1) is 0 Å². The average Bonchev–Trinajstić information content (AvgIpc) is 3.51. The SMILES string of the molecule is c1ccc(N2Cc3ccc(-c4cc(-c5cccnc5)cc(-c5cccnc5)c4)cc3-c3cc(-c4ccc5oc6ccccc6c5c4)ccc3C2)cc1. The van der Waals surface area contributed by atoms with Crippen LogP contribution in [0.15, 0.2) is 181 Å². The Labute approximate surface area is 302 Å². The fourth-order valence-electron chi connectivity index (χ4n) is 7.68. The number of fused-ring (bicyclic) bond motifs is 6. The van der Waals surface area contributed by atoms with Crippen molar-refractivity contribution in [3.63, 3.8) is 0 Å². The second kappa shape index (κ2) is 12.5. The van der Waals surface area contributed by atoms with Crippen molar-refractivity contribution in [2.75, 3.05) is 4.90 Å². The lowest BCUT2D eigenvalue weighted by molar-refractivity contribution is 0.669. The summed E-state index contributed by atoms with van der Waals surface area (Å²) in [7, 11) is 0. The van der Waals surface area contributed by atoms with Crippen molar-refractivity contribution >= 4 is 27.6 Å². The van der Waals surface area contributed by atoms with Gasteiger partial charge >= 0.3 is 0 Å². The fraction of sp³-hybridized carbons (Fsp3) is 0.0417. The predicted octanol–water partition coefficient (Wildman–Crippen LogP) is 12.2. The minimum Gasteiger partial charge on any atom is -0.456 e. The van der Waals surface area contributed by atoms with Crippen molar-refractivity contribution < 1.29 is 4.42 Å². The van der Waals surface area contributed by atoms with E-state index in [4.69, 9.17) is 4.42 Å². The van der Waals surface area contributed by atoms with Crippen LogP contribution in [0.4, 0.5) is 5.69 Å². The van der Waals surface area contributed by atoms with Crippen LogP contribution in [0.25, 0.3) is 77.6 Å². The number of rotatable bonds is 5. The highest BCUT2D eigenvalue weighted by Gasteiger charge is 2.22. The van der Waals surface area contributed by atoms with E-state index in [0.717, 1.165) is 62.8 Å². The topological polar surface area (TPSA) is 42.2 Å². The molecule has 0 fully saturated rings. The lowest BCUT2D eigenvalue weighted by Crippen LogP contribution is -2.20.